The van der Waals surface area contributed by atoms with Crippen LogP contribution in [0.25, 0.3) is 10.9 Å². The number of thiophene rings is 1. The quantitative estimate of drug-likeness (QED) is 0.334. The Balaban J connectivity index is 1.59. The molecule has 0 amide bonds. The van der Waals surface area contributed by atoms with Crippen LogP contribution < -0.4 is 4.74 Å². The fourth-order valence-electron chi connectivity index (χ4n) is 2.40. The number of ether oxygens (including phenoxy) is 2. The number of hydrogen-bond acceptors (Lipinski definition) is 6. The third kappa shape index (κ3) is 4.39. The maximum Gasteiger partial charge on any atom is 0.306 e. The van der Waals surface area contributed by atoms with Crippen molar-refractivity contribution >= 4 is 45.6 Å². The lowest BCUT2D eigenvalue weighted by Crippen LogP contribution is -2.08. The van der Waals surface area contributed by atoms with E-state index in [1.807, 2.05) is 23.6 Å². The Morgan fingerprint density at radius 3 is 2.77 bits per heavy atom. The molecule has 2 heterocycles. The van der Waals surface area contributed by atoms with Crippen molar-refractivity contribution in [2.24, 2.45) is 0 Å². The van der Waals surface area contributed by atoms with Crippen molar-refractivity contribution in [2.75, 3.05) is 7.11 Å². The van der Waals surface area contributed by atoms with Gasteiger partial charge in [-0.15, -0.1) is 11.3 Å². The summed E-state index contributed by atoms with van der Waals surface area (Å²) in [6, 6.07) is 10.8. The highest BCUT2D eigenvalue weighted by Crippen LogP contribution is 2.25. The fourth-order valence-corrected chi connectivity index (χ4v) is 3.30. The van der Waals surface area contributed by atoms with Gasteiger partial charge in [0, 0.05) is 23.4 Å². The minimum Gasteiger partial charge on any atom is -0.497 e. The van der Waals surface area contributed by atoms with Gasteiger partial charge in [-0.2, -0.15) is 0 Å². The van der Waals surface area contributed by atoms with Gasteiger partial charge in [0.2, 0.25) is 0 Å². The van der Waals surface area contributed by atoms with Crippen LogP contribution in [0.2, 0.25) is 5.15 Å². The predicted molar refractivity (Wildman–Crippen MR) is 101 cm³/mol. The number of fused-ring (bicyclic) bond motifs is 1. The zero-order chi connectivity index (χ0) is 18.5. The molecule has 0 aliphatic heterocycles. The fraction of sp³-hybridized carbons (Fsp3) is 0.211. The number of carbonyl (C=O) groups is 2. The van der Waals surface area contributed by atoms with Gasteiger partial charge >= 0.3 is 5.97 Å². The number of esters is 1. The summed E-state index contributed by atoms with van der Waals surface area (Å²) in [6.45, 7) is 0.0137. The molecule has 1 aromatic carbocycles. The van der Waals surface area contributed by atoms with Crippen LogP contribution in [0.1, 0.15) is 28.1 Å². The first-order valence-electron chi connectivity index (χ1n) is 7.92. The summed E-state index contributed by atoms with van der Waals surface area (Å²) in [7, 11) is 1.58. The number of nitrogens with zero attached hydrogens (tertiary/aromatic N) is 1. The van der Waals surface area contributed by atoms with Crippen LogP contribution in [0.4, 0.5) is 0 Å². The molecule has 3 aromatic rings. The van der Waals surface area contributed by atoms with Crippen molar-refractivity contribution in [3.05, 3.63) is 57.4 Å². The van der Waals surface area contributed by atoms with Gasteiger partial charge in [-0.25, -0.2) is 4.98 Å². The third-order valence-corrected chi connectivity index (χ3v) is 5.03. The third-order valence-electron chi connectivity index (χ3n) is 3.79. The van der Waals surface area contributed by atoms with Crippen molar-refractivity contribution in [1.82, 2.24) is 4.98 Å². The van der Waals surface area contributed by atoms with Gasteiger partial charge in [-0.05, 0) is 29.6 Å². The number of pyridine rings is 1. The van der Waals surface area contributed by atoms with E-state index in [0.29, 0.717) is 21.7 Å². The maximum atomic E-state index is 11.9. The van der Waals surface area contributed by atoms with Crippen LogP contribution in [-0.4, -0.2) is 23.8 Å². The second-order valence-electron chi connectivity index (χ2n) is 5.56. The Kier molecular flexibility index (Phi) is 5.85. The number of aromatic nitrogens is 1. The van der Waals surface area contributed by atoms with Crippen LogP contribution in [0, 0.1) is 0 Å². The molecule has 134 valence electrons. The van der Waals surface area contributed by atoms with E-state index in [1.54, 1.807) is 25.3 Å². The van der Waals surface area contributed by atoms with Gasteiger partial charge in [0.1, 0.15) is 17.5 Å². The molecule has 5 nitrogen and oxygen atoms in total. The average molecular weight is 390 g/mol. The first-order valence-corrected chi connectivity index (χ1v) is 9.18. The van der Waals surface area contributed by atoms with E-state index in [0.717, 1.165) is 5.39 Å². The van der Waals surface area contributed by atoms with E-state index in [9.17, 15) is 9.59 Å². The summed E-state index contributed by atoms with van der Waals surface area (Å²) >= 11 is 7.54. The second kappa shape index (κ2) is 8.29. The molecule has 0 saturated carbocycles. The number of rotatable bonds is 7. The summed E-state index contributed by atoms with van der Waals surface area (Å²) in [5, 5.41) is 2.97. The first kappa shape index (κ1) is 18.4. The number of hydrogen-bond donors (Lipinski definition) is 0. The molecule has 2 aromatic heterocycles. The zero-order valence-corrected chi connectivity index (χ0v) is 15.6. The molecule has 0 spiro atoms. The number of carbonyl (C=O) groups excluding carboxylic acids is 2. The molecule has 0 saturated heterocycles. The Labute approximate surface area is 159 Å². The molecule has 3 rings (SSSR count). The van der Waals surface area contributed by atoms with E-state index in [4.69, 9.17) is 21.1 Å². The van der Waals surface area contributed by atoms with Gasteiger partial charge in [0.15, 0.2) is 5.78 Å². The number of benzene rings is 1. The minimum absolute atomic E-state index is 0.0137. The highest BCUT2D eigenvalue weighted by molar-refractivity contribution is 7.12. The lowest BCUT2D eigenvalue weighted by atomic mass is 10.1. The molecule has 0 aliphatic carbocycles. The summed E-state index contributed by atoms with van der Waals surface area (Å²) in [4.78, 5) is 28.8. The van der Waals surface area contributed by atoms with Gasteiger partial charge < -0.3 is 9.47 Å². The first-order chi connectivity index (χ1) is 12.6. The van der Waals surface area contributed by atoms with E-state index < -0.39 is 5.97 Å². The smallest absolute Gasteiger partial charge is 0.306 e. The second-order valence-corrected chi connectivity index (χ2v) is 6.86. The number of methoxy groups -OCH3 is 1. The zero-order valence-electron chi connectivity index (χ0n) is 14.0. The van der Waals surface area contributed by atoms with Crippen molar-refractivity contribution in [1.29, 1.82) is 0 Å². The molecule has 0 fully saturated rings. The number of halogens is 1. The van der Waals surface area contributed by atoms with Crippen molar-refractivity contribution < 1.29 is 19.1 Å². The minimum atomic E-state index is -0.444. The Hall–Kier alpha value is -2.44. The largest absolute Gasteiger partial charge is 0.497 e. The van der Waals surface area contributed by atoms with Gasteiger partial charge in [-0.3, -0.25) is 9.59 Å². The maximum absolute atomic E-state index is 11.9. The summed E-state index contributed by atoms with van der Waals surface area (Å²) in [6.07, 6.45) is 0.162. The Morgan fingerprint density at radius 1 is 1.19 bits per heavy atom. The lowest BCUT2D eigenvalue weighted by molar-refractivity contribution is -0.144. The Bertz CT molecular complexity index is 940. The molecular weight excluding hydrogens is 374 g/mol. The molecular formula is C19H16ClNO4S. The molecule has 0 atom stereocenters. The van der Waals surface area contributed by atoms with E-state index in [2.05, 4.69) is 4.98 Å². The molecule has 0 N–H and O–H groups in total. The summed E-state index contributed by atoms with van der Waals surface area (Å²) in [5.41, 5.74) is 1.31. The van der Waals surface area contributed by atoms with E-state index >= 15 is 0 Å². The normalized spacial score (nSPS) is 10.7. The number of ketones is 1. The van der Waals surface area contributed by atoms with Crippen molar-refractivity contribution in [2.45, 2.75) is 19.4 Å². The van der Waals surface area contributed by atoms with Crippen molar-refractivity contribution in [3.63, 3.8) is 0 Å². The van der Waals surface area contributed by atoms with Crippen LogP contribution >= 0.6 is 22.9 Å². The van der Waals surface area contributed by atoms with Crippen LogP contribution in [0.15, 0.2) is 41.8 Å². The standard InChI is InChI=1S/C19H16ClNO4S/c1-24-14-5-4-12-9-13(19(20)21-15(12)10-14)11-25-18(23)7-6-16(22)17-3-2-8-26-17/h2-5,8-10H,6-7,11H2,1H3. The summed E-state index contributed by atoms with van der Waals surface area (Å²) in [5.74, 6) is 0.188. The van der Waals surface area contributed by atoms with Crippen molar-refractivity contribution in [3.8, 4) is 5.75 Å². The molecule has 26 heavy (non-hydrogen) atoms. The number of Topliss-reactive ketones (excluding diaryl/α,β-unsaturated/α-hetero) is 1. The van der Waals surface area contributed by atoms with Gasteiger partial charge in [0.25, 0.3) is 0 Å². The topological polar surface area (TPSA) is 65.5 Å². The molecule has 0 radical (unpaired) electrons. The lowest BCUT2D eigenvalue weighted by Gasteiger charge is -2.08. The highest BCUT2D eigenvalue weighted by Gasteiger charge is 2.13. The SMILES string of the molecule is COc1ccc2cc(COC(=O)CCC(=O)c3cccs3)c(Cl)nc2c1. The van der Waals surface area contributed by atoms with E-state index in [1.165, 1.54) is 11.3 Å². The molecule has 0 bridgehead atoms. The van der Waals surface area contributed by atoms with Crippen LogP contribution in [0.5, 0.6) is 5.75 Å². The summed E-state index contributed by atoms with van der Waals surface area (Å²) < 4.78 is 10.4. The van der Waals surface area contributed by atoms with Crippen LogP contribution in [-0.2, 0) is 16.1 Å². The van der Waals surface area contributed by atoms with Gasteiger partial charge in [-0.1, -0.05) is 17.7 Å². The molecule has 0 aliphatic rings. The highest BCUT2D eigenvalue weighted by atomic mass is 35.5. The predicted octanol–water partition coefficient (Wildman–Crippen LogP) is 4.66. The molecule has 0 unspecified atom stereocenters. The Morgan fingerprint density at radius 2 is 2.04 bits per heavy atom. The van der Waals surface area contributed by atoms with Gasteiger partial charge in [0.05, 0.1) is 23.9 Å². The molecule has 7 heteroatoms. The van der Waals surface area contributed by atoms with E-state index in [-0.39, 0.29) is 30.4 Å². The average Bonchev–Trinajstić information content (AvgIpc) is 3.18. The monoisotopic (exact) mass is 389 g/mol. The van der Waals surface area contributed by atoms with Crippen LogP contribution in [0.3, 0.4) is 0 Å².